The van der Waals surface area contributed by atoms with Gasteiger partial charge in [-0.05, 0) is 69.9 Å². The van der Waals surface area contributed by atoms with E-state index in [2.05, 4.69) is 58.7 Å². The highest BCUT2D eigenvalue weighted by Gasteiger charge is 2.09. The fraction of sp³-hybridized carbons (Fsp3) is 0.769. The number of unbranched alkanes of at least 4 members (excludes halogenated alkanes) is 1. The summed E-state index contributed by atoms with van der Waals surface area (Å²) in [6.07, 6.45) is 2.35. The van der Waals surface area contributed by atoms with Gasteiger partial charge >= 0.3 is 0 Å². The predicted molar refractivity (Wildman–Crippen MR) is 76.4 cm³/mol. The van der Waals surface area contributed by atoms with Gasteiger partial charge in [0.05, 0.1) is 10.2 Å². The molecule has 0 saturated carbocycles. The zero-order valence-electron chi connectivity index (χ0n) is 11.6. The number of aromatic nitrogens is 2. The monoisotopic (exact) mass is 301 g/mol. The van der Waals surface area contributed by atoms with Crippen LogP contribution < -0.4 is 5.32 Å². The second-order valence-corrected chi connectivity index (χ2v) is 6.38. The summed E-state index contributed by atoms with van der Waals surface area (Å²) in [6, 6.07) is 0. The van der Waals surface area contributed by atoms with Gasteiger partial charge < -0.3 is 5.32 Å². The molecule has 1 aromatic rings. The number of nitrogens with zero attached hydrogens (tertiary/aromatic N) is 2. The molecule has 0 radical (unpaired) electrons. The summed E-state index contributed by atoms with van der Waals surface area (Å²) < 4.78 is 3.24. The molecular weight excluding hydrogens is 278 g/mol. The molecule has 0 fully saturated rings. The minimum atomic E-state index is 0.223. The van der Waals surface area contributed by atoms with E-state index in [0.29, 0.717) is 0 Å². The van der Waals surface area contributed by atoms with Crippen LogP contribution in [0.25, 0.3) is 0 Å². The van der Waals surface area contributed by atoms with Crippen LogP contribution in [-0.4, -0.2) is 21.9 Å². The number of aryl methyl sites for hydroxylation is 2. The molecule has 0 bridgehead atoms. The van der Waals surface area contributed by atoms with Crippen LogP contribution in [-0.2, 0) is 6.54 Å². The highest BCUT2D eigenvalue weighted by molar-refractivity contribution is 9.10. The van der Waals surface area contributed by atoms with Gasteiger partial charge in [-0.15, -0.1) is 0 Å². The predicted octanol–water partition coefficient (Wildman–Crippen LogP) is 3.43. The molecule has 1 heterocycles. The first-order chi connectivity index (χ1) is 7.81. The molecule has 3 nitrogen and oxygen atoms in total. The van der Waals surface area contributed by atoms with Crippen LogP contribution in [0.5, 0.6) is 0 Å². The molecule has 0 amide bonds. The first kappa shape index (κ1) is 14.7. The van der Waals surface area contributed by atoms with Gasteiger partial charge in [0.1, 0.15) is 0 Å². The Morgan fingerprint density at radius 3 is 2.35 bits per heavy atom. The zero-order chi connectivity index (χ0) is 13.1. The van der Waals surface area contributed by atoms with E-state index >= 15 is 0 Å². The number of hydrogen-bond acceptors (Lipinski definition) is 2. The highest BCUT2D eigenvalue weighted by atomic mass is 79.9. The molecule has 0 unspecified atom stereocenters. The van der Waals surface area contributed by atoms with Gasteiger partial charge in [0.2, 0.25) is 0 Å². The van der Waals surface area contributed by atoms with Crippen molar-refractivity contribution in [2.24, 2.45) is 0 Å². The fourth-order valence-electron chi connectivity index (χ4n) is 1.74. The van der Waals surface area contributed by atoms with Gasteiger partial charge in [0, 0.05) is 17.8 Å². The third kappa shape index (κ3) is 4.80. The molecule has 0 atom stereocenters. The quantitative estimate of drug-likeness (QED) is 0.845. The lowest BCUT2D eigenvalue weighted by Crippen LogP contribution is -2.36. The van der Waals surface area contributed by atoms with Crippen LogP contribution in [0.1, 0.15) is 45.0 Å². The molecule has 1 rings (SSSR count). The zero-order valence-corrected chi connectivity index (χ0v) is 13.2. The summed E-state index contributed by atoms with van der Waals surface area (Å²) in [4.78, 5) is 0. The van der Waals surface area contributed by atoms with Crippen molar-refractivity contribution in [1.29, 1.82) is 0 Å². The normalized spacial score (nSPS) is 12.1. The van der Waals surface area contributed by atoms with Crippen LogP contribution in [0.2, 0.25) is 0 Å². The van der Waals surface area contributed by atoms with Crippen LogP contribution >= 0.6 is 15.9 Å². The van der Waals surface area contributed by atoms with Crippen molar-refractivity contribution in [3.05, 3.63) is 15.9 Å². The highest BCUT2D eigenvalue weighted by Crippen LogP contribution is 2.19. The molecule has 0 aromatic carbocycles. The average molecular weight is 302 g/mol. The van der Waals surface area contributed by atoms with Crippen LogP contribution in [0.15, 0.2) is 4.47 Å². The van der Waals surface area contributed by atoms with Crippen molar-refractivity contribution in [2.75, 3.05) is 6.54 Å². The second-order valence-electron chi connectivity index (χ2n) is 5.59. The number of rotatable bonds is 5. The van der Waals surface area contributed by atoms with Crippen molar-refractivity contribution in [3.8, 4) is 0 Å². The molecule has 0 aliphatic heterocycles. The minimum Gasteiger partial charge on any atom is -0.312 e. The van der Waals surface area contributed by atoms with Crippen LogP contribution in [0.4, 0.5) is 0 Å². The summed E-state index contributed by atoms with van der Waals surface area (Å²) >= 11 is 3.55. The maximum absolute atomic E-state index is 4.51. The standard InChI is InChI=1S/C13H24BrN3/c1-10-12(14)11(2)17(16-10)9-7-6-8-15-13(3,4)5/h15H,6-9H2,1-5H3. The van der Waals surface area contributed by atoms with E-state index in [0.717, 1.165) is 29.7 Å². The SMILES string of the molecule is Cc1nn(CCCCNC(C)(C)C)c(C)c1Br. The van der Waals surface area contributed by atoms with Crippen molar-refractivity contribution >= 4 is 15.9 Å². The van der Waals surface area contributed by atoms with Crippen molar-refractivity contribution in [2.45, 2.75) is 59.5 Å². The van der Waals surface area contributed by atoms with Gasteiger partial charge in [0.25, 0.3) is 0 Å². The summed E-state index contributed by atoms with van der Waals surface area (Å²) in [5.41, 5.74) is 2.53. The number of nitrogens with one attached hydrogen (secondary N) is 1. The molecule has 0 saturated heterocycles. The van der Waals surface area contributed by atoms with E-state index in [1.807, 2.05) is 6.92 Å². The molecule has 4 heteroatoms. The lowest BCUT2D eigenvalue weighted by atomic mass is 10.1. The third-order valence-corrected chi connectivity index (χ3v) is 3.89. The fourth-order valence-corrected chi connectivity index (χ4v) is 2.03. The Balaban J connectivity index is 2.29. The van der Waals surface area contributed by atoms with E-state index in [9.17, 15) is 0 Å². The molecule has 0 aliphatic carbocycles. The Hall–Kier alpha value is -0.350. The van der Waals surface area contributed by atoms with Crippen LogP contribution in [0.3, 0.4) is 0 Å². The Morgan fingerprint density at radius 2 is 1.88 bits per heavy atom. The van der Waals surface area contributed by atoms with Gasteiger partial charge in [-0.3, -0.25) is 4.68 Å². The minimum absolute atomic E-state index is 0.223. The Bertz CT molecular complexity index is 363. The Labute approximate surface area is 113 Å². The van der Waals surface area contributed by atoms with Crippen molar-refractivity contribution < 1.29 is 0 Å². The summed E-state index contributed by atoms with van der Waals surface area (Å²) in [7, 11) is 0. The molecule has 1 N–H and O–H groups in total. The molecular formula is C13H24BrN3. The molecule has 0 aliphatic rings. The van der Waals surface area contributed by atoms with E-state index in [4.69, 9.17) is 0 Å². The van der Waals surface area contributed by atoms with Gasteiger partial charge in [-0.1, -0.05) is 0 Å². The molecule has 17 heavy (non-hydrogen) atoms. The lowest BCUT2D eigenvalue weighted by Gasteiger charge is -2.20. The second kappa shape index (κ2) is 6.01. The Kier molecular flexibility index (Phi) is 5.20. The van der Waals surface area contributed by atoms with Gasteiger partial charge in [-0.25, -0.2) is 0 Å². The lowest BCUT2D eigenvalue weighted by molar-refractivity contribution is 0.411. The average Bonchev–Trinajstić information content (AvgIpc) is 2.44. The smallest absolute Gasteiger partial charge is 0.0738 e. The summed E-state index contributed by atoms with van der Waals surface area (Å²) in [6.45, 7) is 12.8. The largest absolute Gasteiger partial charge is 0.312 e. The van der Waals surface area contributed by atoms with Gasteiger partial charge in [0.15, 0.2) is 0 Å². The van der Waals surface area contributed by atoms with E-state index in [-0.39, 0.29) is 5.54 Å². The first-order valence-corrected chi connectivity index (χ1v) is 7.05. The topological polar surface area (TPSA) is 29.9 Å². The summed E-state index contributed by atoms with van der Waals surface area (Å²) in [5.74, 6) is 0. The maximum Gasteiger partial charge on any atom is 0.0738 e. The van der Waals surface area contributed by atoms with Crippen molar-refractivity contribution in [1.82, 2.24) is 15.1 Å². The first-order valence-electron chi connectivity index (χ1n) is 6.26. The van der Waals surface area contributed by atoms with Gasteiger partial charge in [-0.2, -0.15) is 5.10 Å². The van der Waals surface area contributed by atoms with E-state index in [1.165, 1.54) is 12.1 Å². The Morgan fingerprint density at radius 1 is 1.24 bits per heavy atom. The molecule has 1 aromatic heterocycles. The number of hydrogen-bond donors (Lipinski definition) is 1. The van der Waals surface area contributed by atoms with E-state index in [1.54, 1.807) is 0 Å². The number of halogens is 1. The maximum atomic E-state index is 4.51. The molecule has 98 valence electrons. The summed E-state index contributed by atoms with van der Waals surface area (Å²) in [5, 5.41) is 8.01. The van der Waals surface area contributed by atoms with Crippen molar-refractivity contribution in [3.63, 3.8) is 0 Å². The van der Waals surface area contributed by atoms with E-state index < -0.39 is 0 Å². The third-order valence-electron chi connectivity index (χ3n) is 2.75. The van der Waals surface area contributed by atoms with Crippen LogP contribution in [0, 0.1) is 13.8 Å². The molecule has 0 spiro atoms.